The molecule has 0 amide bonds. The fourth-order valence-electron chi connectivity index (χ4n) is 1.59. The second-order valence-corrected chi connectivity index (χ2v) is 3.90. The highest BCUT2D eigenvalue weighted by atomic mass is 19.1. The minimum atomic E-state index is -0.512. The molecule has 0 aliphatic heterocycles. The smallest absolute Gasteiger partial charge is 0.338 e. The average molecular weight is 260 g/mol. The maximum Gasteiger partial charge on any atom is 0.338 e. The molecule has 0 saturated heterocycles. The third kappa shape index (κ3) is 3.31. The van der Waals surface area contributed by atoms with Crippen LogP contribution < -0.4 is 4.74 Å². The van der Waals surface area contributed by atoms with Gasteiger partial charge in [0, 0.05) is 5.56 Å². The molecule has 0 N–H and O–H groups in total. The topological polar surface area (TPSA) is 35.5 Å². The van der Waals surface area contributed by atoms with E-state index in [-0.39, 0.29) is 12.4 Å². The molecule has 4 heteroatoms. The molecule has 0 atom stereocenters. The van der Waals surface area contributed by atoms with Gasteiger partial charge < -0.3 is 9.47 Å². The van der Waals surface area contributed by atoms with Crippen molar-refractivity contribution >= 4 is 5.97 Å². The van der Waals surface area contributed by atoms with Gasteiger partial charge in [0.2, 0.25) is 0 Å². The molecule has 0 aliphatic carbocycles. The van der Waals surface area contributed by atoms with Gasteiger partial charge in [0.25, 0.3) is 0 Å². The van der Waals surface area contributed by atoms with Crippen LogP contribution >= 0.6 is 0 Å². The highest BCUT2D eigenvalue weighted by Crippen LogP contribution is 2.15. The van der Waals surface area contributed by atoms with Gasteiger partial charge in [0.05, 0.1) is 12.7 Å². The zero-order valence-electron chi connectivity index (χ0n) is 10.4. The summed E-state index contributed by atoms with van der Waals surface area (Å²) in [4.78, 5) is 11.8. The molecule has 0 aromatic heterocycles. The highest BCUT2D eigenvalue weighted by molar-refractivity contribution is 5.89. The maximum absolute atomic E-state index is 13.3. The van der Waals surface area contributed by atoms with E-state index >= 15 is 0 Å². The van der Waals surface area contributed by atoms with Crippen LogP contribution in [-0.4, -0.2) is 13.1 Å². The SMILES string of the molecule is COc1cccc(C(=O)OCc2ccccc2F)c1. The van der Waals surface area contributed by atoms with Crippen molar-refractivity contribution in [2.45, 2.75) is 6.61 Å². The van der Waals surface area contributed by atoms with Crippen molar-refractivity contribution in [3.8, 4) is 5.75 Å². The van der Waals surface area contributed by atoms with Gasteiger partial charge in [-0.25, -0.2) is 9.18 Å². The van der Waals surface area contributed by atoms with Crippen molar-refractivity contribution < 1.29 is 18.7 Å². The van der Waals surface area contributed by atoms with Gasteiger partial charge in [-0.3, -0.25) is 0 Å². The monoisotopic (exact) mass is 260 g/mol. The summed E-state index contributed by atoms with van der Waals surface area (Å²) in [6.45, 7) is -0.0945. The number of halogens is 1. The van der Waals surface area contributed by atoms with Gasteiger partial charge >= 0.3 is 5.97 Å². The van der Waals surface area contributed by atoms with Crippen LogP contribution in [0.4, 0.5) is 4.39 Å². The number of esters is 1. The zero-order valence-corrected chi connectivity index (χ0v) is 10.4. The van der Waals surface area contributed by atoms with E-state index in [0.29, 0.717) is 16.9 Å². The van der Waals surface area contributed by atoms with Crippen molar-refractivity contribution in [3.05, 3.63) is 65.5 Å². The Morgan fingerprint density at radius 2 is 1.95 bits per heavy atom. The average Bonchev–Trinajstić information content (AvgIpc) is 2.46. The number of carbonyl (C=O) groups excluding carboxylic acids is 1. The number of ether oxygens (including phenoxy) is 2. The molecule has 0 fully saturated rings. The molecule has 0 heterocycles. The summed E-state index contributed by atoms with van der Waals surface area (Å²) in [6.07, 6.45) is 0. The summed E-state index contributed by atoms with van der Waals surface area (Å²) >= 11 is 0. The molecule has 0 aliphatic rings. The summed E-state index contributed by atoms with van der Waals surface area (Å²) in [5.74, 6) is -0.330. The van der Waals surface area contributed by atoms with E-state index in [1.807, 2.05) is 0 Å². The van der Waals surface area contributed by atoms with Crippen molar-refractivity contribution in [3.63, 3.8) is 0 Å². The Balaban J connectivity index is 2.03. The van der Waals surface area contributed by atoms with Crippen LogP contribution in [-0.2, 0) is 11.3 Å². The van der Waals surface area contributed by atoms with Crippen molar-refractivity contribution in [2.75, 3.05) is 7.11 Å². The molecule has 98 valence electrons. The second-order valence-electron chi connectivity index (χ2n) is 3.90. The normalized spacial score (nSPS) is 10.0. The van der Waals surface area contributed by atoms with Gasteiger partial charge in [0.1, 0.15) is 18.2 Å². The first-order chi connectivity index (χ1) is 9.20. The molecule has 2 rings (SSSR count). The van der Waals surface area contributed by atoms with Crippen LogP contribution in [0.5, 0.6) is 5.75 Å². The van der Waals surface area contributed by atoms with Crippen LogP contribution in [0.1, 0.15) is 15.9 Å². The predicted octanol–water partition coefficient (Wildman–Crippen LogP) is 3.19. The molecular formula is C15H13FO3. The van der Waals surface area contributed by atoms with Crippen LogP contribution in [0, 0.1) is 5.82 Å². The maximum atomic E-state index is 13.3. The molecule has 0 bridgehead atoms. The van der Waals surface area contributed by atoms with E-state index in [0.717, 1.165) is 0 Å². The first-order valence-electron chi connectivity index (χ1n) is 5.75. The first-order valence-corrected chi connectivity index (χ1v) is 5.75. The number of carbonyl (C=O) groups is 1. The van der Waals surface area contributed by atoms with Gasteiger partial charge in [-0.2, -0.15) is 0 Å². The van der Waals surface area contributed by atoms with E-state index in [2.05, 4.69) is 0 Å². The van der Waals surface area contributed by atoms with E-state index in [9.17, 15) is 9.18 Å². The van der Waals surface area contributed by atoms with Gasteiger partial charge in [-0.05, 0) is 24.3 Å². The molecule has 2 aromatic rings. The fourth-order valence-corrected chi connectivity index (χ4v) is 1.59. The van der Waals surface area contributed by atoms with Crippen LogP contribution in [0.3, 0.4) is 0 Å². The lowest BCUT2D eigenvalue weighted by Crippen LogP contribution is -2.06. The molecule has 3 nitrogen and oxygen atoms in total. The number of benzene rings is 2. The molecule has 19 heavy (non-hydrogen) atoms. The molecule has 0 spiro atoms. The van der Waals surface area contributed by atoms with E-state index < -0.39 is 5.97 Å². The Morgan fingerprint density at radius 3 is 2.68 bits per heavy atom. The molecule has 2 aromatic carbocycles. The van der Waals surface area contributed by atoms with Gasteiger partial charge in [-0.15, -0.1) is 0 Å². The molecule has 0 unspecified atom stereocenters. The zero-order chi connectivity index (χ0) is 13.7. The molecule has 0 saturated carbocycles. The quantitative estimate of drug-likeness (QED) is 0.792. The van der Waals surface area contributed by atoms with Crippen LogP contribution in [0.15, 0.2) is 48.5 Å². The third-order valence-electron chi connectivity index (χ3n) is 2.62. The summed E-state index contributed by atoms with van der Waals surface area (Å²) in [7, 11) is 1.52. The van der Waals surface area contributed by atoms with E-state index in [4.69, 9.17) is 9.47 Å². The molecule has 0 radical (unpaired) electrons. The Labute approximate surface area is 110 Å². The van der Waals surface area contributed by atoms with Crippen molar-refractivity contribution in [2.24, 2.45) is 0 Å². The second kappa shape index (κ2) is 6.00. The Hall–Kier alpha value is -2.36. The van der Waals surface area contributed by atoms with E-state index in [1.54, 1.807) is 42.5 Å². The summed E-state index contributed by atoms with van der Waals surface area (Å²) < 4.78 is 23.4. The van der Waals surface area contributed by atoms with Crippen molar-refractivity contribution in [1.29, 1.82) is 0 Å². The summed E-state index contributed by atoms with van der Waals surface area (Å²) in [5, 5.41) is 0. The fraction of sp³-hybridized carbons (Fsp3) is 0.133. The third-order valence-corrected chi connectivity index (χ3v) is 2.62. The first kappa shape index (κ1) is 13.1. The minimum Gasteiger partial charge on any atom is -0.497 e. The largest absolute Gasteiger partial charge is 0.497 e. The summed E-state index contributed by atoms with van der Waals surface area (Å²) in [6, 6.07) is 12.8. The Kier molecular flexibility index (Phi) is 4.13. The minimum absolute atomic E-state index is 0.0945. The van der Waals surface area contributed by atoms with Gasteiger partial charge in [-0.1, -0.05) is 24.3 Å². The number of rotatable bonds is 4. The Bertz CT molecular complexity index is 581. The van der Waals surface area contributed by atoms with Gasteiger partial charge in [0.15, 0.2) is 0 Å². The highest BCUT2D eigenvalue weighted by Gasteiger charge is 2.09. The number of hydrogen-bond donors (Lipinski definition) is 0. The summed E-state index contributed by atoms with van der Waals surface area (Å²) in [5.41, 5.74) is 0.717. The van der Waals surface area contributed by atoms with Crippen LogP contribution in [0.25, 0.3) is 0 Å². The Morgan fingerprint density at radius 1 is 1.16 bits per heavy atom. The lowest BCUT2D eigenvalue weighted by Gasteiger charge is -2.07. The lowest BCUT2D eigenvalue weighted by molar-refractivity contribution is 0.0468. The number of methoxy groups -OCH3 is 1. The van der Waals surface area contributed by atoms with Crippen molar-refractivity contribution in [1.82, 2.24) is 0 Å². The standard InChI is InChI=1S/C15H13FO3/c1-18-13-7-4-6-11(9-13)15(17)19-10-12-5-2-3-8-14(12)16/h2-9H,10H2,1H3. The molecular weight excluding hydrogens is 247 g/mol. The number of hydrogen-bond acceptors (Lipinski definition) is 3. The van der Waals surface area contributed by atoms with Crippen LogP contribution in [0.2, 0.25) is 0 Å². The van der Waals surface area contributed by atoms with E-state index in [1.165, 1.54) is 13.2 Å². The lowest BCUT2D eigenvalue weighted by atomic mass is 10.2. The predicted molar refractivity (Wildman–Crippen MR) is 68.5 cm³/mol.